The molecule has 4 rings (SSSR count). The third-order valence-electron chi connectivity index (χ3n) is 3.92. The minimum Gasteiger partial charge on any atom is -0.383 e. The van der Waals surface area contributed by atoms with Crippen molar-refractivity contribution in [3.05, 3.63) is 33.3 Å². The summed E-state index contributed by atoms with van der Waals surface area (Å²) in [7, 11) is 0. The molecule has 3 aromatic rings. The third kappa shape index (κ3) is 2.31. The van der Waals surface area contributed by atoms with Crippen LogP contribution in [0.4, 0.5) is 5.82 Å². The number of nitrogens with two attached hydrogens (primary N) is 1. The van der Waals surface area contributed by atoms with Crippen molar-refractivity contribution in [3.8, 4) is 0 Å². The van der Waals surface area contributed by atoms with E-state index in [0.717, 1.165) is 33.4 Å². The standard InChI is InChI=1S/C14H14IN7/c15-12-11-13(16)18-7-19-14(11)22(21-12)6-10-17-5-8-3-1-2-4-9(8)20-10/h5,7H,1-4,6H2,(H2,16,18,19). The van der Waals surface area contributed by atoms with E-state index in [0.29, 0.717) is 12.4 Å². The summed E-state index contributed by atoms with van der Waals surface area (Å²) >= 11 is 2.15. The van der Waals surface area contributed by atoms with Crippen LogP contribution in [0.15, 0.2) is 12.5 Å². The molecule has 0 aromatic carbocycles. The topological polar surface area (TPSA) is 95.4 Å². The second-order valence-electron chi connectivity index (χ2n) is 5.37. The van der Waals surface area contributed by atoms with E-state index in [1.54, 1.807) is 4.68 Å². The summed E-state index contributed by atoms with van der Waals surface area (Å²) < 4.78 is 2.59. The maximum Gasteiger partial charge on any atom is 0.164 e. The molecule has 0 unspecified atom stereocenters. The lowest BCUT2D eigenvalue weighted by atomic mass is 9.97. The van der Waals surface area contributed by atoms with Gasteiger partial charge in [0.2, 0.25) is 0 Å². The molecule has 0 saturated heterocycles. The average Bonchev–Trinajstić information content (AvgIpc) is 2.85. The molecule has 0 bridgehead atoms. The number of nitrogens with zero attached hydrogens (tertiary/aromatic N) is 6. The Bertz CT molecular complexity index is 858. The van der Waals surface area contributed by atoms with Gasteiger partial charge in [-0.25, -0.2) is 24.6 Å². The van der Waals surface area contributed by atoms with Gasteiger partial charge in [0.15, 0.2) is 5.65 Å². The molecule has 1 aliphatic rings. The summed E-state index contributed by atoms with van der Waals surface area (Å²) in [6.07, 6.45) is 7.97. The number of anilines is 1. The second kappa shape index (κ2) is 5.41. The fourth-order valence-electron chi connectivity index (χ4n) is 2.82. The highest BCUT2D eigenvalue weighted by atomic mass is 127. The highest BCUT2D eigenvalue weighted by Crippen LogP contribution is 2.23. The van der Waals surface area contributed by atoms with Crippen molar-refractivity contribution in [2.24, 2.45) is 0 Å². The molecule has 0 radical (unpaired) electrons. The third-order valence-corrected chi connectivity index (χ3v) is 4.68. The summed E-state index contributed by atoms with van der Waals surface area (Å²) in [6, 6.07) is 0. The Morgan fingerprint density at radius 1 is 1.18 bits per heavy atom. The van der Waals surface area contributed by atoms with Gasteiger partial charge in [-0.15, -0.1) is 0 Å². The number of rotatable bonds is 2. The van der Waals surface area contributed by atoms with Crippen LogP contribution in [0.25, 0.3) is 11.0 Å². The molecular weight excluding hydrogens is 393 g/mol. The van der Waals surface area contributed by atoms with Gasteiger partial charge in [-0.1, -0.05) is 0 Å². The summed E-state index contributed by atoms with van der Waals surface area (Å²) in [4.78, 5) is 17.5. The van der Waals surface area contributed by atoms with E-state index >= 15 is 0 Å². The number of aryl methyl sites for hydroxylation is 2. The Morgan fingerprint density at radius 3 is 2.95 bits per heavy atom. The van der Waals surface area contributed by atoms with Crippen LogP contribution in [0.1, 0.15) is 29.9 Å². The van der Waals surface area contributed by atoms with E-state index in [9.17, 15) is 0 Å². The zero-order valence-electron chi connectivity index (χ0n) is 11.8. The fourth-order valence-corrected chi connectivity index (χ4v) is 3.60. The first-order chi connectivity index (χ1) is 10.7. The number of halogens is 1. The van der Waals surface area contributed by atoms with Gasteiger partial charge in [0.25, 0.3) is 0 Å². The molecule has 8 heteroatoms. The number of nitrogen functional groups attached to an aromatic ring is 1. The van der Waals surface area contributed by atoms with E-state index < -0.39 is 0 Å². The molecule has 0 aliphatic heterocycles. The maximum absolute atomic E-state index is 5.91. The molecule has 3 heterocycles. The first-order valence-electron chi connectivity index (χ1n) is 7.18. The minimum absolute atomic E-state index is 0.451. The lowest BCUT2D eigenvalue weighted by Crippen LogP contribution is -2.12. The molecule has 112 valence electrons. The van der Waals surface area contributed by atoms with Gasteiger partial charge in [-0.2, -0.15) is 5.10 Å². The molecule has 0 spiro atoms. The van der Waals surface area contributed by atoms with Crippen LogP contribution in [0.5, 0.6) is 0 Å². The number of hydrogen-bond donors (Lipinski definition) is 1. The zero-order valence-corrected chi connectivity index (χ0v) is 14.0. The molecular formula is C14H14IN7. The Morgan fingerprint density at radius 2 is 2.05 bits per heavy atom. The van der Waals surface area contributed by atoms with Gasteiger partial charge >= 0.3 is 0 Å². The van der Waals surface area contributed by atoms with Crippen LogP contribution < -0.4 is 5.73 Å². The maximum atomic E-state index is 5.91. The molecule has 0 saturated carbocycles. The van der Waals surface area contributed by atoms with Crippen molar-refractivity contribution in [2.75, 3.05) is 5.73 Å². The highest BCUT2D eigenvalue weighted by molar-refractivity contribution is 14.1. The number of fused-ring (bicyclic) bond motifs is 2. The second-order valence-corrected chi connectivity index (χ2v) is 6.39. The minimum atomic E-state index is 0.451. The molecule has 0 atom stereocenters. The molecule has 7 nitrogen and oxygen atoms in total. The van der Waals surface area contributed by atoms with Crippen molar-refractivity contribution in [2.45, 2.75) is 32.2 Å². The lowest BCUT2D eigenvalue weighted by molar-refractivity contribution is 0.626. The van der Waals surface area contributed by atoms with Gasteiger partial charge < -0.3 is 5.73 Å². The summed E-state index contributed by atoms with van der Waals surface area (Å²) in [5.74, 6) is 1.21. The summed E-state index contributed by atoms with van der Waals surface area (Å²) in [5.41, 5.74) is 9.09. The van der Waals surface area contributed by atoms with Crippen LogP contribution in [-0.2, 0) is 19.4 Å². The van der Waals surface area contributed by atoms with E-state index in [1.807, 2.05) is 6.20 Å². The number of aromatic nitrogens is 6. The Kier molecular flexibility index (Phi) is 3.40. The van der Waals surface area contributed by atoms with Crippen molar-refractivity contribution < 1.29 is 0 Å². The molecule has 0 amide bonds. The predicted octanol–water partition coefficient (Wildman–Crippen LogP) is 1.73. The molecule has 2 N–H and O–H groups in total. The van der Waals surface area contributed by atoms with Crippen LogP contribution >= 0.6 is 22.6 Å². The Hall–Kier alpha value is -1.84. The SMILES string of the molecule is Nc1ncnc2c1c(I)nn2Cc1ncc2c(n1)CCCC2. The van der Waals surface area contributed by atoms with Crippen LogP contribution in [0, 0.1) is 3.70 Å². The first-order valence-corrected chi connectivity index (χ1v) is 8.26. The van der Waals surface area contributed by atoms with Crippen molar-refractivity contribution in [3.63, 3.8) is 0 Å². The quantitative estimate of drug-likeness (QED) is 0.651. The van der Waals surface area contributed by atoms with Crippen LogP contribution in [-0.4, -0.2) is 29.7 Å². The summed E-state index contributed by atoms with van der Waals surface area (Å²) in [6.45, 7) is 0.489. The monoisotopic (exact) mass is 407 g/mol. The first kappa shape index (κ1) is 13.8. The van der Waals surface area contributed by atoms with Crippen LogP contribution in [0.2, 0.25) is 0 Å². The number of hydrogen-bond acceptors (Lipinski definition) is 6. The summed E-state index contributed by atoms with van der Waals surface area (Å²) in [5, 5.41) is 5.29. The van der Waals surface area contributed by atoms with E-state index in [2.05, 4.69) is 42.6 Å². The van der Waals surface area contributed by atoms with Gasteiger partial charge in [0.1, 0.15) is 28.2 Å². The van der Waals surface area contributed by atoms with E-state index in [4.69, 9.17) is 10.7 Å². The fraction of sp³-hybridized carbons (Fsp3) is 0.357. The van der Waals surface area contributed by atoms with E-state index in [-0.39, 0.29) is 0 Å². The van der Waals surface area contributed by atoms with Gasteiger partial charge in [0.05, 0.1) is 5.39 Å². The largest absolute Gasteiger partial charge is 0.383 e. The van der Waals surface area contributed by atoms with E-state index in [1.165, 1.54) is 30.4 Å². The zero-order chi connectivity index (χ0) is 15.1. The van der Waals surface area contributed by atoms with Crippen molar-refractivity contribution >= 4 is 39.4 Å². The molecule has 22 heavy (non-hydrogen) atoms. The molecule has 0 fully saturated rings. The smallest absolute Gasteiger partial charge is 0.164 e. The van der Waals surface area contributed by atoms with Gasteiger partial charge in [-0.05, 0) is 53.8 Å². The van der Waals surface area contributed by atoms with Gasteiger partial charge in [-0.3, -0.25) is 0 Å². The Labute approximate surface area is 140 Å². The van der Waals surface area contributed by atoms with Gasteiger partial charge in [0, 0.05) is 11.9 Å². The normalized spacial score (nSPS) is 14.2. The van der Waals surface area contributed by atoms with Crippen LogP contribution in [0.3, 0.4) is 0 Å². The predicted molar refractivity (Wildman–Crippen MR) is 90.2 cm³/mol. The molecule has 3 aromatic heterocycles. The van der Waals surface area contributed by atoms with Crippen molar-refractivity contribution in [1.82, 2.24) is 29.7 Å². The molecule has 1 aliphatic carbocycles. The lowest BCUT2D eigenvalue weighted by Gasteiger charge is -2.14. The Balaban J connectivity index is 1.73. The average molecular weight is 407 g/mol. The van der Waals surface area contributed by atoms with Crippen molar-refractivity contribution in [1.29, 1.82) is 0 Å². The highest BCUT2D eigenvalue weighted by Gasteiger charge is 2.16.